The number of alkyl carbamates (subject to hydrolysis) is 1. The van der Waals surface area contributed by atoms with Gasteiger partial charge in [0.05, 0.1) is 23.4 Å². The van der Waals surface area contributed by atoms with E-state index in [0.29, 0.717) is 21.8 Å². The Labute approximate surface area is 222 Å². The molecule has 0 aliphatic heterocycles. The second kappa shape index (κ2) is 12.6. The van der Waals surface area contributed by atoms with Gasteiger partial charge >= 0.3 is 6.09 Å². The molecule has 9 nitrogen and oxygen atoms in total. The number of nitriles is 1. The number of ether oxygens (including phenoxy) is 1. The number of carbonyl (C=O) groups is 3. The van der Waals surface area contributed by atoms with Gasteiger partial charge in [-0.15, -0.1) is 0 Å². The lowest BCUT2D eigenvalue weighted by Crippen LogP contribution is -2.54. The van der Waals surface area contributed by atoms with Crippen LogP contribution in [0.15, 0.2) is 36.4 Å². The summed E-state index contributed by atoms with van der Waals surface area (Å²) in [6.07, 6.45) is -0.920. The first-order chi connectivity index (χ1) is 17.3. The van der Waals surface area contributed by atoms with Gasteiger partial charge in [0.2, 0.25) is 5.91 Å². The Morgan fingerprint density at radius 1 is 1.14 bits per heavy atom. The quantitative estimate of drug-likeness (QED) is 0.440. The van der Waals surface area contributed by atoms with Crippen molar-refractivity contribution in [2.24, 2.45) is 0 Å². The number of hydrogen-bond donors (Lipinski definition) is 3. The lowest BCUT2D eigenvalue weighted by Gasteiger charge is -2.33. The number of para-hydroxylation sites is 1. The Bertz CT molecular complexity index is 1160. The molecule has 3 N–H and O–H groups in total. The summed E-state index contributed by atoms with van der Waals surface area (Å²) in [5.41, 5.74) is 2.38. The van der Waals surface area contributed by atoms with Crippen molar-refractivity contribution in [3.8, 4) is 6.07 Å². The number of aliphatic hydroxyl groups is 1. The number of aryl methyl sites for hydroxylation is 3. The zero-order valence-corrected chi connectivity index (χ0v) is 22.6. The lowest BCUT2D eigenvalue weighted by atomic mass is 9.98. The van der Waals surface area contributed by atoms with E-state index in [1.807, 2.05) is 26.0 Å². The van der Waals surface area contributed by atoms with Crippen molar-refractivity contribution in [2.45, 2.75) is 59.2 Å². The fourth-order valence-electron chi connectivity index (χ4n) is 3.83. The van der Waals surface area contributed by atoms with E-state index in [0.717, 1.165) is 16.0 Å². The largest absolute Gasteiger partial charge is 0.444 e. The third-order valence-electron chi connectivity index (χ3n) is 5.29. The highest BCUT2D eigenvalue weighted by molar-refractivity contribution is 6.34. The van der Waals surface area contributed by atoms with Crippen LogP contribution < -0.4 is 10.6 Å². The van der Waals surface area contributed by atoms with Crippen LogP contribution in [0.5, 0.6) is 0 Å². The second-order valence-corrected chi connectivity index (χ2v) is 10.2. The highest BCUT2D eigenvalue weighted by Crippen LogP contribution is 2.30. The zero-order valence-electron chi connectivity index (χ0n) is 21.9. The maximum atomic E-state index is 13.7. The first kappa shape index (κ1) is 29.6. The number of carbonyl (C=O) groups excluding carboxylic acids is 3. The minimum atomic E-state index is -1.45. The molecule has 2 aromatic rings. The van der Waals surface area contributed by atoms with Crippen molar-refractivity contribution in [3.63, 3.8) is 0 Å². The molecule has 2 atom stereocenters. The molecule has 0 saturated carbocycles. The molecule has 37 heavy (non-hydrogen) atoms. The summed E-state index contributed by atoms with van der Waals surface area (Å²) in [6, 6.07) is 9.73. The molecule has 2 unspecified atom stereocenters. The van der Waals surface area contributed by atoms with E-state index in [1.165, 1.54) is 0 Å². The zero-order chi connectivity index (χ0) is 27.9. The summed E-state index contributed by atoms with van der Waals surface area (Å²) in [5.74, 6) is -1.44. The number of rotatable bonds is 8. The monoisotopic (exact) mass is 528 g/mol. The van der Waals surface area contributed by atoms with Crippen LogP contribution in [0, 0.1) is 32.1 Å². The van der Waals surface area contributed by atoms with Gasteiger partial charge in [-0.1, -0.05) is 53.1 Å². The van der Waals surface area contributed by atoms with Gasteiger partial charge in [-0.05, 0) is 58.7 Å². The Kier molecular flexibility index (Phi) is 10.1. The van der Waals surface area contributed by atoms with Crippen molar-refractivity contribution >= 4 is 35.2 Å². The minimum Gasteiger partial charge on any atom is -0.444 e. The molecular formula is C27H33ClN4O5. The van der Waals surface area contributed by atoms with Crippen LogP contribution in [0.3, 0.4) is 0 Å². The van der Waals surface area contributed by atoms with Crippen LogP contribution in [-0.2, 0) is 14.3 Å². The molecule has 0 saturated heterocycles. The molecule has 0 aliphatic carbocycles. The summed E-state index contributed by atoms with van der Waals surface area (Å²) in [5, 5.41) is 24.9. The van der Waals surface area contributed by atoms with Crippen LogP contribution in [-0.4, -0.2) is 52.7 Å². The Balaban J connectivity index is 2.54. The fourth-order valence-corrected chi connectivity index (χ4v) is 4.10. The average molecular weight is 529 g/mol. The summed E-state index contributed by atoms with van der Waals surface area (Å²) in [7, 11) is 0. The van der Waals surface area contributed by atoms with Gasteiger partial charge in [0.25, 0.3) is 5.91 Å². The highest BCUT2D eigenvalue weighted by Gasteiger charge is 2.36. The van der Waals surface area contributed by atoms with E-state index < -0.39 is 48.7 Å². The number of halogens is 1. The van der Waals surface area contributed by atoms with Crippen molar-refractivity contribution in [1.29, 1.82) is 5.26 Å². The first-order valence-electron chi connectivity index (χ1n) is 11.7. The average Bonchev–Trinajstić information content (AvgIpc) is 2.77. The van der Waals surface area contributed by atoms with E-state index >= 15 is 0 Å². The molecule has 0 bridgehead atoms. The number of aliphatic hydroxyl groups excluding tert-OH is 1. The van der Waals surface area contributed by atoms with Gasteiger partial charge in [0.1, 0.15) is 24.2 Å². The number of nitrogens with one attached hydrogen (secondary N) is 2. The normalized spacial score (nSPS) is 12.6. The Morgan fingerprint density at radius 3 is 2.27 bits per heavy atom. The molecule has 0 heterocycles. The molecule has 10 heteroatoms. The minimum absolute atomic E-state index is 0.311. The van der Waals surface area contributed by atoms with Crippen LogP contribution in [0.4, 0.5) is 10.5 Å². The van der Waals surface area contributed by atoms with Gasteiger partial charge in [-0.2, -0.15) is 5.26 Å². The molecule has 3 amide bonds. The third kappa shape index (κ3) is 8.20. The third-order valence-corrected chi connectivity index (χ3v) is 5.60. The van der Waals surface area contributed by atoms with Gasteiger partial charge < -0.3 is 25.4 Å². The summed E-state index contributed by atoms with van der Waals surface area (Å²) < 4.78 is 5.20. The maximum absolute atomic E-state index is 13.7. The van der Waals surface area contributed by atoms with E-state index in [1.54, 1.807) is 58.0 Å². The fraction of sp³-hybridized carbons (Fsp3) is 0.407. The molecule has 0 fully saturated rings. The summed E-state index contributed by atoms with van der Waals surface area (Å²) >= 11 is 6.32. The van der Waals surface area contributed by atoms with E-state index in [2.05, 4.69) is 10.6 Å². The van der Waals surface area contributed by atoms with Gasteiger partial charge in [0.15, 0.2) is 0 Å². The van der Waals surface area contributed by atoms with Crippen LogP contribution in [0.2, 0.25) is 5.02 Å². The van der Waals surface area contributed by atoms with E-state index in [9.17, 15) is 24.8 Å². The number of hydrogen-bond acceptors (Lipinski definition) is 6. The van der Waals surface area contributed by atoms with Crippen molar-refractivity contribution < 1.29 is 24.2 Å². The molecule has 0 spiro atoms. The first-order valence-corrected chi connectivity index (χ1v) is 12.1. The summed E-state index contributed by atoms with van der Waals surface area (Å²) in [4.78, 5) is 40.7. The highest BCUT2D eigenvalue weighted by atomic mass is 35.5. The molecule has 0 aromatic heterocycles. The number of nitrogens with zero attached hydrogens (tertiary/aromatic N) is 2. The smallest absolute Gasteiger partial charge is 0.408 e. The van der Waals surface area contributed by atoms with Crippen molar-refractivity contribution in [1.82, 2.24) is 10.2 Å². The molecule has 2 rings (SSSR count). The molecule has 0 aliphatic rings. The van der Waals surface area contributed by atoms with Gasteiger partial charge in [-0.3, -0.25) is 9.59 Å². The molecular weight excluding hydrogens is 496 g/mol. The van der Waals surface area contributed by atoms with Crippen LogP contribution >= 0.6 is 11.6 Å². The standard InChI is InChI=1S/C27H33ClN4O5/c1-16-12-17(2)14-19(13-16)23(24(34)31-22-18(3)8-7-9-20(22)28)32(11-10-29)25(35)21(15-33)30-26(36)37-27(4,5)6/h7-9,12-14,21,23,33H,11,15H2,1-6H3,(H,30,36)(H,31,34). The van der Waals surface area contributed by atoms with Crippen LogP contribution in [0.1, 0.15) is 49.1 Å². The second-order valence-electron chi connectivity index (χ2n) is 9.75. The predicted octanol–water partition coefficient (Wildman–Crippen LogP) is 4.18. The number of benzene rings is 2. The van der Waals surface area contributed by atoms with E-state index in [4.69, 9.17) is 16.3 Å². The predicted molar refractivity (Wildman–Crippen MR) is 141 cm³/mol. The Morgan fingerprint density at radius 2 is 1.76 bits per heavy atom. The molecule has 0 radical (unpaired) electrons. The van der Waals surface area contributed by atoms with Crippen LogP contribution in [0.25, 0.3) is 0 Å². The molecule has 198 valence electrons. The van der Waals surface area contributed by atoms with Gasteiger partial charge in [0, 0.05) is 0 Å². The lowest BCUT2D eigenvalue weighted by molar-refractivity contribution is -0.140. The number of anilines is 1. The maximum Gasteiger partial charge on any atom is 0.408 e. The SMILES string of the molecule is Cc1cc(C)cc(C(C(=O)Nc2c(C)cccc2Cl)N(CC#N)C(=O)C(CO)NC(=O)OC(C)(C)C)c1. The topological polar surface area (TPSA) is 132 Å². The van der Waals surface area contributed by atoms with Crippen molar-refractivity contribution in [2.75, 3.05) is 18.5 Å². The molecule has 2 aromatic carbocycles. The van der Waals surface area contributed by atoms with E-state index in [-0.39, 0.29) is 0 Å². The number of amides is 3. The Hall–Kier alpha value is -3.61. The summed E-state index contributed by atoms with van der Waals surface area (Å²) in [6.45, 7) is 9.17. The van der Waals surface area contributed by atoms with Gasteiger partial charge in [-0.25, -0.2) is 4.79 Å². The van der Waals surface area contributed by atoms with Crippen molar-refractivity contribution in [3.05, 3.63) is 63.7 Å².